The Morgan fingerprint density at radius 3 is 3.00 bits per heavy atom. The number of hydrogen-bond donors (Lipinski definition) is 1. The Bertz CT molecular complexity index is 695. The van der Waals surface area contributed by atoms with Crippen molar-refractivity contribution in [3.05, 3.63) is 46.8 Å². The molecule has 0 fully saturated rings. The molecule has 1 unspecified atom stereocenters. The van der Waals surface area contributed by atoms with Gasteiger partial charge < -0.3 is 14.6 Å². The van der Waals surface area contributed by atoms with Crippen LogP contribution in [0, 0.1) is 13.8 Å². The molecular weight excluding hydrogens is 324 g/mol. The average molecular weight is 346 g/mol. The minimum atomic E-state index is 0.0239. The van der Waals surface area contributed by atoms with Crippen molar-refractivity contribution in [2.45, 2.75) is 38.5 Å². The number of aromatic nitrogens is 1. The van der Waals surface area contributed by atoms with E-state index in [9.17, 15) is 4.79 Å². The zero-order valence-corrected chi connectivity index (χ0v) is 14.8. The maximum Gasteiger partial charge on any atom is 0.230 e. The van der Waals surface area contributed by atoms with E-state index >= 15 is 0 Å². The number of nitrogens with one attached hydrogen (secondary N) is 1. The lowest BCUT2D eigenvalue weighted by atomic mass is 10.0. The first-order valence-electron chi connectivity index (χ1n) is 8.15. The lowest BCUT2D eigenvalue weighted by Gasteiger charge is -2.18. The van der Waals surface area contributed by atoms with Crippen molar-refractivity contribution in [3.8, 4) is 5.75 Å². The molecule has 6 heteroatoms. The molecule has 0 bridgehead atoms. The molecule has 2 aromatic rings. The molecule has 0 saturated heterocycles. The van der Waals surface area contributed by atoms with E-state index in [1.54, 1.807) is 11.8 Å². The Labute approximate surface area is 146 Å². The van der Waals surface area contributed by atoms with Crippen LogP contribution in [0.1, 0.15) is 41.5 Å². The van der Waals surface area contributed by atoms with Gasteiger partial charge in [0.2, 0.25) is 5.91 Å². The predicted octanol–water partition coefficient (Wildman–Crippen LogP) is 3.55. The molecule has 1 aromatic heterocycles. The zero-order valence-electron chi connectivity index (χ0n) is 14.0. The van der Waals surface area contributed by atoms with Crippen molar-refractivity contribution in [2.24, 2.45) is 0 Å². The molecule has 0 spiro atoms. The molecule has 3 rings (SSSR count). The predicted molar refractivity (Wildman–Crippen MR) is 94.2 cm³/mol. The third kappa shape index (κ3) is 3.93. The summed E-state index contributed by atoms with van der Waals surface area (Å²) in [5.41, 5.74) is 3.05. The molecule has 0 radical (unpaired) electrons. The molecule has 0 aliphatic carbocycles. The summed E-state index contributed by atoms with van der Waals surface area (Å²) in [6.07, 6.45) is 1.84. The van der Waals surface area contributed by atoms with Crippen molar-refractivity contribution >= 4 is 17.7 Å². The van der Waals surface area contributed by atoms with Gasteiger partial charge >= 0.3 is 0 Å². The highest BCUT2D eigenvalue weighted by atomic mass is 32.2. The Morgan fingerprint density at radius 1 is 1.38 bits per heavy atom. The molecule has 24 heavy (non-hydrogen) atoms. The van der Waals surface area contributed by atoms with Gasteiger partial charge in [-0.05, 0) is 32.8 Å². The van der Waals surface area contributed by atoms with Crippen molar-refractivity contribution in [1.29, 1.82) is 0 Å². The monoisotopic (exact) mass is 346 g/mol. The molecule has 0 saturated carbocycles. The van der Waals surface area contributed by atoms with Crippen LogP contribution in [0.4, 0.5) is 0 Å². The number of hydrogen-bond acceptors (Lipinski definition) is 5. The van der Waals surface area contributed by atoms with Gasteiger partial charge in [-0.3, -0.25) is 4.79 Å². The summed E-state index contributed by atoms with van der Waals surface area (Å²) in [6, 6.07) is 7.96. The Kier molecular flexibility index (Phi) is 5.45. The first-order chi connectivity index (χ1) is 11.6. The number of nitrogens with zero attached hydrogens (tertiary/aromatic N) is 1. The Hall–Kier alpha value is -1.95. The van der Waals surface area contributed by atoms with Gasteiger partial charge in [0.15, 0.2) is 0 Å². The van der Waals surface area contributed by atoms with E-state index in [-0.39, 0.29) is 11.9 Å². The highest BCUT2D eigenvalue weighted by Gasteiger charge is 2.21. The smallest absolute Gasteiger partial charge is 0.230 e. The standard InChI is InChI=1S/C18H22N2O3S/c1-12-15(13(2)23-20-12)10-24-11-18(21)19-16-7-5-9-22-17-8-4-3-6-14(16)17/h3-4,6,8,16H,5,7,9-11H2,1-2H3,(H,19,21). The minimum Gasteiger partial charge on any atom is -0.493 e. The molecule has 1 N–H and O–H groups in total. The highest BCUT2D eigenvalue weighted by Crippen LogP contribution is 2.31. The van der Waals surface area contributed by atoms with Gasteiger partial charge in [-0.1, -0.05) is 23.4 Å². The molecule has 128 valence electrons. The number of rotatable bonds is 5. The lowest BCUT2D eigenvalue weighted by molar-refractivity contribution is -0.119. The topological polar surface area (TPSA) is 64.4 Å². The zero-order chi connectivity index (χ0) is 16.9. The summed E-state index contributed by atoms with van der Waals surface area (Å²) in [6.45, 7) is 4.53. The average Bonchev–Trinajstić information content (AvgIpc) is 2.79. The molecule has 1 atom stereocenters. The number of ether oxygens (including phenoxy) is 1. The van der Waals surface area contributed by atoms with Crippen molar-refractivity contribution < 1.29 is 14.1 Å². The van der Waals surface area contributed by atoms with Crippen LogP contribution in [0.15, 0.2) is 28.8 Å². The van der Waals surface area contributed by atoms with E-state index in [1.807, 2.05) is 38.1 Å². The van der Waals surface area contributed by atoms with E-state index < -0.39 is 0 Å². The second-order valence-corrected chi connectivity index (χ2v) is 6.93. The van der Waals surface area contributed by atoms with Gasteiger partial charge in [0, 0.05) is 16.9 Å². The van der Waals surface area contributed by atoms with E-state index in [0.717, 1.165) is 46.9 Å². The van der Waals surface area contributed by atoms with Gasteiger partial charge in [-0.25, -0.2) is 0 Å². The van der Waals surface area contributed by atoms with E-state index in [0.29, 0.717) is 12.4 Å². The van der Waals surface area contributed by atoms with E-state index in [1.165, 1.54) is 0 Å². The summed E-state index contributed by atoms with van der Waals surface area (Å²) in [5, 5.41) is 7.09. The molecular formula is C18H22N2O3S. The third-order valence-corrected chi connectivity index (χ3v) is 5.14. The Morgan fingerprint density at radius 2 is 2.21 bits per heavy atom. The van der Waals surface area contributed by atoms with Crippen LogP contribution in [0.25, 0.3) is 0 Å². The van der Waals surface area contributed by atoms with Gasteiger partial charge in [-0.2, -0.15) is 0 Å². The van der Waals surface area contributed by atoms with Gasteiger partial charge in [0.05, 0.1) is 24.1 Å². The van der Waals surface area contributed by atoms with Crippen LogP contribution in [0.3, 0.4) is 0 Å². The van der Waals surface area contributed by atoms with E-state index in [2.05, 4.69) is 10.5 Å². The minimum absolute atomic E-state index is 0.0239. The summed E-state index contributed by atoms with van der Waals surface area (Å²) in [4.78, 5) is 12.3. The molecule has 1 aromatic carbocycles. The second kappa shape index (κ2) is 7.75. The number of benzene rings is 1. The fraction of sp³-hybridized carbons (Fsp3) is 0.444. The van der Waals surface area contributed by atoms with Crippen LogP contribution >= 0.6 is 11.8 Å². The molecule has 1 aliphatic heterocycles. The summed E-state index contributed by atoms with van der Waals surface area (Å²) < 4.78 is 10.9. The molecule has 2 heterocycles. The van der Waals surface area contributed by atoms with Crippen LogP contribution < -0.4 is 10.1 Å². The number of carbonyl (C=O) groups is 1. The van der Waals surface area contributed by atoms with Gasteiger partial charge in [0.25, 0.3) is 0 Å². The van der Waals surface area contributed by atoms with Crippen LogP contribution in [0.2, 0.25) is 0 Å². The second-order valence-electron chi connectivity index (χ2n) is 5.94. The summed E-state index contributed by atoms with van der Waals surface area (Å²) in [5.74, 6) is 2.91. The van der Waals surface area contributed by atoms with Crippen molar-refractivity contribution in [3.63, 3.8) is 0 Å². The fourth-order valence-corrected chi connectivity index (χ4v) is 3.85. The van der Waals surface area contributed by atoms with E-state index in [4.69, 9.17) is 9.26 Å². The van der Waals surface area contributed by atoms with Crippen LogP contribution in [-0.4, -0.2) is 23.4 Å². The van der Waals surface area contributed by atoms with Crippen LogP contribution in [-0.2, 0) is 10.5 Å². The molecule has 5 nitrogen and oxygen atoms in total. The highest BCUT2D eigenvalue weighted by molar-refractivity contribution is 7.99. The number of thioether (sulfide) groups is 1. The summed E-state index contributed by atoms with van der Waals surface area (Å²) >= 11 is 1.58. The van der Waals surface area contributed by atoms with Crippen molar-refractivity contribution in [1.82, 2.24) is 10.5 Å². The molecule has 1 amide bonds. The third-order valence-electron chi connectivity index (χ3n) is 4.19. The molecule has 1 aliphatic rings. The van der Waals surface area contributed by atoms with Crippen molar-refractivity contribution in [2.75, 3.05) is 12.4 Å². The first kappa shape index (κ1) is 16.9. The SMILES string of the molecule is Cc1noc(C)c1CSCC(=O)NC1CCCOc2ccccc21. The van der Waals surface area contributed by atoms with Crippen LogP contribution in [0.5, 0.6) is 5.75 Å². The number of fused-ring (bicyclic) bond motifs is 1. The maximum atomic E-state index is 12.3. The quantitative estimate of drug-likeness (QED) is 0.897. The lowest BCUT2D eigenvalue weighted by Crippen LogP contribution is -2.29. The summed E-state index contributed by atoms with van der Waals surface area (Å²) in [7, 11) is 0. The number of para-hydroxylation sites is 1. The maximum absolute atomic E-state index is 12.3. The number of aryl methyl sites for hydroxylation is 2. The fourth-order valence-electron chi connectivity index (χ4n) is 2.86. The van der Waals surface area contributed by atoms with Gasteiger partial charge in [0.1, 0.15) is 11.5 Å². The number of carbonyl (C=O) groups excluding carboxylic acids is 1. The van der Waals surface area contributed by atoms with Gasteiger partial charge in [-0.15, -0.1) is 11.8 Å². The Balaban J connectivity index is 1.55. The number of amides is 1. The first-order valence-corrected chi connectivity index (χ1v) is 9.31. The normalized spacial score (nSPS) is 16.8. The largest absolute Gasteiger partial charge is 0.493 e.